The minimum absolute atomic E-state index is 0.0395. The molecule has 1 atom stereocenters. The summed E-state index contributed by atoms with van der Waals surface area (Å²) in [6, 6.07) is 5.84. The van der Waals surface area contributed by atoms with Gasteiger partial charge in [0, 0.05) is 22.1 Å². The Bertz CT molecular complexity index is 445. The van der Waals surface area contributed by atoms with Crippen LogP contribution in [0, 0.1) is 0 Å². The monoisotopic (exact) mass is 312 g/mol. The molecular weight excluding hydrogens is 296 g/mol. The van der Waals surface area contributed by atoms with Crippen LogP contribution in [0.15, 0.2) is 22.7 Å². The van der Waals surface area contributed by atoms with Crippen LogP contribution in [0.25, 0.3) is 0 Å². The Morgan fingerprint density at radius 1 is 1.61 bits per heavy atom. The van der Waals surface area contributed by atoms with Crippen LogP contribution in [-0.4, -0.2) is 18.6 Å². The Labute approximate surface area is 115 Å². The highest BCUT2D eigenvalue weighted by Gasteiger charge is 2.23. The number of hydrogen-bond acceptors (Lipinski definition) is 3. The minimum atomic E-state index is -0.135. The molecule has 1 aromatic carbocycles. The zero-order chi connectivity index (χ0) is 13.1. The van der Waals surface area contributed by atoms with Crippen LogP contribution in [0.4, 0.5) is 0 Å². The topological polar surface area (TPSA) is 64.3 Å². The van der Waals surface area contributed by atoms with Crippen LogP contribution in [0.5, 0.6) is 5.75 Å². The zero-order valence-electron chi connectivity index (χ0n) is 10.3. The Kier molecular flexibility index (Phi) is 4.24. The van der Waals surface area contributed by atoms with Crippen molar-refractivity contribution < 1.29 is 9.53 Å². The van der Waals surface area contributed by atoms with Gasteiger partial charge in [0.15, 0.2) is 6.61 Å². The number of rotatable bonds is 5. The molecular formula is C13H17BrN2O2. The fraction of sp³-hybridized carbons (Fsp3) is 0.462. The van der Waals surface area contributed by atoms with Gasteiger partial charge < -0.3 is 15.8 Å². The number of amides is 1. The molecule has 1 fully saturated rings. The summed E-state index contributed by atoms with van der Waals surface area (Å²) in [7, 11) is 0. The van der Waals surface area contributed by atoms with Crippen molar-refractivity contribution in [2.24, 2.45) is 5.73 Å². The zero-order valence-corrected chi connectivity index (χ0v) is 11.9. The van der Waals surface area contributed by atoms with Crippen molar-refractivity contribution in [3.8, 4) is 5.75 Å². The molecule has 0 unspecified atom stereocenters. The molecule has 0 bridgehead atoms. The molecule has 1 aromatic rings. The number of nitrogens with one attached hydrogen (secondary N) is 1. The maximum atomic E-state index is 11.5. The minimum Gasteiger partial charge on any atom is -0.483 e. The van der Waals surface area contributed by atoms with E-state index in [2.05, 4.69) is 21.2 Å². The molecule has 3 N–H and O–H groups in total. The molecule has 0 heterocycles. The highest BCUT2D eigenvalue weighted by Crippen LogP contribution is 2.27. The first kappa shape index (κ1) is 13.4. The number of benzene rings is 1. The van der Waals surface area contributed by atoms with Crippen molar-refractivity contribution >= 4 is 21.8 Å². The molecule has 1 aliphatic rings. The van der Waals surface area contributed by atoms with E-state index in [9.17, 15) is 4.79 Å². The van der Waals surface area contributed by atoms with Gasteiger partial charge in [-0.1, -0.05) is 15.9 Å². The normalized spacial score (nSPS) is 16.2. The van der Waals surface area contributed by atoms with E-state index in [1.165, 1.54) is 0 Å². The van der Waals surface area contributed by atoms with Crippen molar-refractivity contribution in [3.63, 3.8) is 0 Å². The fourth-order valence-electron chi connectivity index (χ4n) is 1.65. The van der Waals surface area contributed by atoms with Gasteiger partial charge in [0.1, 0.15) is 5.75 Å². The molecule has 1 aliphatic carbocycles. The SMILES string of the molecule is C[C@@H](N)c1cc(Br)ccc1OCC(=O)NC1CC1. The third-order valence-corrected chi connectivity index (χ3v) is 3.26. The Morgan fingerprint density at radius 2 is 2.33 bits per heavy atom. The van der Waals surface area contributed by atoms with E-state index in [0.717, 1.165) is 22.9 Å². The first-order chi connectivity index (χ1) is 8.56. The molecule has 1 saturated carbocycles. The highest BCUT2D eigenvalue weighted by molar-refractivity contribution is 9.10. The van der Waals surface area contributed by atoms with Gasteiger partial charge >= 0.3 is 0 Å². The first-order valence-electron chi connectivity index (χ1n) is 6.03. The molecule has 0 saturated heterocycles. The number of carbonyl (C=O) groups excluding carboxylic acids is 1. The van der Waals surface area contributed by atoms with Crippen molar-refractivity contribution in [3.05, 3.63) is 28.2 Å². The van der Waals surface area contributed by atoms with Gasteiger partial charge in [0.05, 0.1) is 0 Å². The van der Waals surface area contributed by atoms with Crippen LogP contribution in [-0.2, 0) is 4.79 Å². The van der Waals surface area contributed by atoms with Crippen LogP contribution < -0.4 is 15.8 Å². The van der Waals surface area contributed by atoms with Gasteiger partial charge in [-0.3, -0.25) is 4.79 Å². The van der Waals surface area contributed by atoms with E-state index in [1.54, 1.807) is 0 Å². The highest BCUT2D eigenvalue weighted by atomic mass is 79.9. The summed E-state index contributed by atoms with van der Waals surface area (Å²) in [4.78, 5) is 11.5. The van der Waals surface area contributed by atoms with Gasteiger partial charge in [0.2, 0.25) is 0 Å². The summed E-state index contributed by atoms with van der Waals surface area (Å²) in [6.45, 7) is 1.93. The summed E-state index contributed by atoms with van der Waals surface area (Å²) in [5.74, 6) is 0.593. The predicted molar refractivity (Wildman–Crippen MR) is 73.4 cm³/mol. The average molecular weight is 313 g/mol. The van der Waals surface area contributed by atoms with Gasteiger partial charge in [0.25, 0.3) is 5.91 Å². The maximum absolute atomic E-state index is 11.5. The van der Waals surface area contributed by atoms with Crippen molar-refractivity contribution in [1.82, 2.24) is 5.32 Å². The van der Waals surface area contributed by atoms with Crippen molar-refractivity contribution in [1.29, 1.82) is 0 Å². The van der Waals surface area contributed by atoms with E-state index < -0.39 is 0 Å². The van der Waals surface area contributed by atoms with Gasteiger partial charge in [-0.05, 0) is 38.0 Å². The number of carbonyl (C=O) groups is 1. The summed E-state index contributed by atoms with van der Waals surface area (Å²) >= 11 is 3.40. The fourth-order valence-corrected chi connectivity index (χ4v) is 2.03. The molecule has 5 heteroatoms. The van der Waals surface area contributed by atoms with E-state index >= 15 is 0 Å². The van der Waals surface area contributed by atoms with Crippen LogP contribution in [0.3, 0.4) is 0 Å². The molecule has 0 aromatic heterocycles. The Hall–Kier alpha value is -1.07. The van der Waals surface area contributed by atoms with Gasteiger partial charge in [-0.15, -0.1) is 0 Å². The summed E-state index contributed by atoms with van der Waals surface area (Å²) < 4.78 is 6.48. The lowest BCUT2D eigenvalue weighted by Gasteiger charge is -2.14. The lowest BCUT2D eigenvalue weighted by atomic mass is 10.1. The second-order valence-electron chi connectivity index (χ2n) is 4.60. The quantitative estimate of drug-likeness (QED) is 0.875. The standard InChI is InChI=1S/C13H17BrN2O2/c1-8(15)11-6-9(14)2-5-12(11)18-7-13(17)16-10-3-4-10/h2,5-6,8,10H,3-4,7,15H2,1H3,(H,16,17)/t8-/m1/s1. The van der Waals surface area contributed by atoms with E-state index in [-0.39, 0.29) is 18.6 Å². The molecule has 1 amide bonds. The molecule has 4 nitrogen and oxygen atoms in total. The number of ether oxygens (including phenoxy) is 1. The van der Waals surface area contributed by atoms with E-state index in [4.69, 9.17) is 10.5 Å². The molecule has 98 valence electrons. The second kappa shape index (κ2) is 5.71. The molecule has 2 rings (SSSR count). The lowest BCUT2D eigenvalue weighted by molar-refractivity contribution is -0.123. The second-order valence-corrected chi connectivity index (χ2v) is 5.52. The molecule has 18 heavy (non-hydrogen) atoms. The van der Waals surface area contributed by atoms with Crippen LogP contribution in [0.2, 0.25) is 0 Å². The van der Waals surface area contributed by atoms with Crippen molar-refractivity contribution in [2.75, 3.05) is 6.61 Å². The lowest BCUT2D eigenvalue weighted by Crippen LogP contribution is -2.30. The summed E-state index contributed by atoms with van der Waals surface area (Å²) in [5.41, 5.74) is 6.77. The van der Waals surface area contributed by atoms with Gasteiger partial charge in [-0.2, -0.15) is 0 Å². The molecule has 0 aliphatic heterocycles. The first-order valence-corrected chi connectivity index (χ1v) is 6.83. The van der Waals surface area contributed by atoms with Gasteiger partial charge in [-0.25, -0.2) is 0 Å². The largest absolute Gasteiger partial charge is 0.483 e. The summed E-state index contributed by atoms with van der Waals surface area (Å²) in [6.07, 6.45) is 2.16. The van der Waals surface area contributed by atoms with Crippen molar-refractivity contribution in [2.45, 2.75) is 31.8 Å². The van der Waals surface area contributed by atoms with Crippen LogP contribution in [0.1, 0.15) is 31.4 Å². The molecule has 0 radical (unpaired) electrons. The van der Waals surface area contributed by atoms with E-state index in [0.29, 0.717) is 11.8 Å². The summed E-state index contributed by atoms with van der Waals surface area (Å²) in [5, 5.41) is 2.88. The smallest absolute Gasteiger partial charge is 0.258 e. The maximum Gasteiger partial charge on any atom is 0.258 e. The predicted octanol–water partition coefficient (Wildman–Crippen LogP) is 2.13. The third kappa shape index (κ3) is 3.71. The third-order valence-electron chi connectivity index (χ3n) is 2.76. The van der Waals surface area contributed by atoms with E-state index in [1.807, 2.05) is 25.1 Å². The average Bonchev–Trinajstić information content (AvgIpc) is 3.11. The Morgan fingerprint density at radius 3 is 2.94 bits per heavy atom. The number of halogens is 1. The number of nitrogens with two attached hydrogens (primary N) is 1. The molecule has 0 spiro atoms. The Balaban J connectivity index is 1.96. The number of hydrogen-bond donors (Lipinski definition) is 2. The van der Waals surface area contributed by atoms with Crippen LogP contribution >= 0.6 is 15.9 Å².